The number of fused-ring (bicyclic) bond motifs is 5. The van der Waals surface area contributed by atoms with Crippen molar-refractivity contribution in [2.45, 2.75) is 19.4 Å². The second-order valence-electron chi connectivity index (χ2n) is 7.27. The molecule has 0 amide bonds. The highest BCUT2D eigenvalue weighted by Gasteiger charge is 2.26. The number of anilines is 2. The molecule has 0 radical (unpaired) electrons. The van der Waals surface area contributed by atoms with Crippen molar-refractivity contribution in [3.8, 4) is 10.4 Å². The molecular formula is C21H20ClFN6OS. The number of halogens is 2. The summed E-state index contributed by atoms with van der Waals surface area (Å²) in [4.78, 5) is 11.0. The molecule has 0 unspecified atom stereocenters. The van der Waals surface area contributed by atoms with E-state index in [1.54, 1.807) is 23.5 Å². The number of aryl methyl sites for hydroxylation is 1. The van der Waals surface area contributed by atoms with Crippen molar-refractivity contribution in [2.24, 2.45) is 0 Å². The van der Waals surface area contributed by atoms with Gasteiger partial charge in [0.2, 0.25) is 0 Å². The Morgan fingerprint density at radius 3 is 2.97 bits per heavy atom. The molecule has 10 heteroatoms. The van der Waals surface area contributed by atoms with Crippen LogP contribution >= 0.6 is 22.9 Å². The van der Waals surface area contributed by atoms with E-state index < -0.39 is 5.82 Å². The number of nitrogens with zero attached hydrogens (tertiary/aromatic N) is 4. The molecule has 0 atom stereocenters. The lowest BCUT2D eigenvalue weighted by molar-refractivity contribution is 0.291. The first-order valence-corrected chi connectivity index (χ1v) is 11.2. The van der Waals surface area contributed by atoms with Gasteiger partial charge in [-0.05, 0) is 36.6 Å². The minimum atomic E-state index is -0.455. The van der Waals surface area contributed by atoms with Gasteiger partial charge in [0.05, 0.1) is 29.8 Å². The topological polar surface area (TPSA) is 87.9 Å². The van der Waals surface area contributed by atoms with Gasteiger partial charge in [-0.2, -0.15) is 5.10 Å². The van der Waals surface area contributed by atoms with Gasteiger partial charge in [-0.1, -0.05) is 11.6 Å². The second kappa shape index (κ2) is 8.51. The first kappa shape index (κ1) is 20.3. The van der Waals surface area contributed by atoms with Crippen molar-refractivity contribution < 1.29 is 9.50 Å². The van der Waals surface area contributed by atoms with E-state index >= 15 is 0 Å². The average molecular weight is 459 g/mol. The highest BCUT2D eigenvalue weighted by atomic mass is 35.5. The van der Waals surface area contributed by atoms with Crippen LogP contribution in [0.1, 0.15) is 11.3 Å². The number of benzene rings is 1. The van der Waals surface area contributed by atoms with E-state index in [0.717, 1.165) is 41.7 Å². The fourth-order valence-corrected chi connectivity index (χ4v) is 5.34. The smallest absolute Gasteiger partial charge is 0.142 e. The van der Waals surface area contributed by atoms with E-state index in [-0.39, 0.29) is 11.6 Å². The molecule has 0 fully saturated rings. The van der Waals surface area contributed by atoms with Gasteiger partial charge in [-0.3, -0.25) is 4.68 Å². The molecule has 0 aliphatic heterocycles. The number of aliphatic hydroxyl groups excluding tert-OH is 1. The Balaban J connectivity index is 1.49. The fourth-order valence-electron chi connectivity index (χ4n) is 3.94. The van der Waals surface area contributed by atoms with E-state index in [9.17, 15) is 4.39 Å². The number of aromatic nitrogens is 4. The molecule has 7 nitrogen and oxygen atoms in total. The van der Waals surface area contributed by atoms with Gasteiger partial charge in [0.25, 0.3) is 0 Å². The van der Waals surface area contributed by atoms with Gasteiger partial charge in [-0.25, -0.2) is 14.4 Å². The summed E-state index contributed by atoms with van der Waals surface area (Å²) in [6.07, 6.45) is 5.21. The number of nitrogens with one attached hydrogen (secondary N) is 2. The van der Waals surface area contributed by atoms with E-state index in [1.165, 1.54) is 28.5 Å². The molecule has 0 bridgehead atoms. The standard InChI is InChI=1S/C21H20ClFN6OS/c22-15-9-12(1-3-16(15)23)28-20-18-13-2-4-17-14(19(13)31-21(18)26-11-25-20)10-27-29(17)7-5-24-6-8-30/h1,3,9-11,24,30H,2,4-8H2,(H,25,26,28). The molecule has 3 aromatic heterocycles. The third-order valence-electron chi connectivity index (χ3n) is 5.36. The summed E-state index contributed by atoms with van der Waals surface area (Å²) in [5, 5.41) is 21.0. The number of hydrogen-bond donors (Lipinski definition) is 3. The average Bonchev–Trinajstić information content (AvgIpc) is 3.35. The summed E-state index contributed by atoms with van der Waals surface area (Å²) >= 11 is 7.57. The van der Waals surface area contributed by atoms with Crippen LogP contribution < -0.4 is 10.6 Å². The molecule has 31 heavy (non-hydrogen) atoms. The summed E-state index contributed by atoms with van der Waals surface area (Å²) < 4.78 is 15.6. The molecule has 4 aromatic rings. The molecule has 3 N–H and O–H groups in total. The van der Waals surface area contributed by atoms with Gasteiger partial charge in [0.1, 0.15) is 22.8 Å². The second-order valence-corrected chi connectivity index (χ2v) is 8.67. The van der Waals surface area contributed by atoms with Gasteiger partial charge in [-0.15, -0.1) is 11.3 Å². The van der Waals surface area contributed by atoms with Crippen LogP contribution in [0.2, 0.25) is 5.02 Å². The van der Waals surface area contributed by atoms with Crippen molar-refractivity contribution in [1.29, 1.82) is 0 Å². The Morgan fingerprint density at radius 1 is 1.23 bits per heavy atom. The van der Waals surface area contributed by atoms with Crippen LogP contribution in [-0.4, -0.2) is 44.6 Å². The zero-order valence-electron chi connectivity index (χ0n) is 16.5. The Morgan fingerprint density at radius 2 is 2.13 bits per heavy atom. The molecular weight excluding hydrogens is 439 g/mol. The lowest BCUT2D eigenvalue weighted by Gasteiger charge is -2.16. The Labute approximate surface area is 186 Å². The van der Waals surface area contributed by atoms with Gasteiger partial charge in [0, 0.05) is 34.9 Å². The molecule has 5 rings (SSSR count). The molecule has 0 saturated heterocycles. The predicted octanol–water partition coefficient (Wildman–Crippen LogP) is 3.77. The molecule has 1 aromatic carbocycles. The first-order valence-electron chi connectivity index (χ1n) is 10.0. The Hall–Kier alpha value is -2.59. The van der Waals surface area contributed by atoms with Crippen LogP contribution in [0.25, 0.3) is 20.7 Å². The van der Waals surface area contributed by atoms with Crippen LogP contribution in [0.4, 0.5) is 15.9 Å². The Bertz CT molecular complexity index is 1260. The number of hydrogen-bond acceptors (Lipinski definition) is 7. The van der Waals surface area contributed by atoms with Crippen LogP contribution in [0.15, 0.2) is 30.7 Å². The van der Waals surface area contributed by atoms with E-state index in [4.69, 9.17) is 16.7 Å². The summed E-state index contributed by atoms with van der Waals surface area (Å²) in [7, 11) is 0. The highest BCUT2D eigenvalue weighted by molar-refractivity contribution is 7.22. The fraction of sp³-hybridized carbons (Fsp3) is 0.286. The Kier molecular flexibility index (Phi) is 5.58. The molecule has 0 saturated carbocycles. The molecule has 0 spiro atoms. The van der Waals surface area contributed by atoms with Crippen molar-refractivity contribution in [3.05, 3.63) is 52.8 Å². The van der Waals surface area contributed by atoms with Crippen LogP contribution in [0.3, 0.4) is 0 Å². The minimum absolute atomic E-state index is 0.0631. The van der Waals surface area contributed by atoms with Crippen molar-refractivity contribution in [3.63, 3.8) is 0 Å². The maximum absolute atomic E-state index is 13.5. The maximum Gasteiger partial charge on any atom is 0.142 e. The van der Waals surface area contributed by atoms with Crippen molar-refractivity contribution >= 4 is 44.7 Å². The molecule has 3 heterocycles. The van der Waals surface area contributed by atoms with E-state index in [0.29, 0.717) is 18.1 Å². The predicted molar refractivity (Wildman–Crippen MR) is 121 cm³/mol. The summed E-state index contributed by atoms with van der Waals surface area (Å²) in [5.74, 6) is 0.235. The zero-order chi connectivity index (χ0) is 21.4. The maximum atomic E-state index is 13.5. The SMILES string of the molecule is OCCNCCn1ncc2c1CCc1c-2sc2ncnc(Nc3ccc(F)c(Cl)c3)c12. The quantitative estimate of drug-likeness (QED) is 0.365. The molecule has 1 aliphatic carbocycles. The highest BCUT2D eigenvalue weighted by Crippen LogP contribution is 2.45. The lowest BCUT2D eigenvalue weighted by atomic mass is 9.95. The van der Waals surface area contributed by atoms with Crippen LogP contribution in [0.5, 0.6) is 0 Å². The number of aliphatic hydroxyl groups is 1. The largest absolute Gasteiger partial charge is 0.395 e. The molecule has 160 valence electrons. The minimum Gasteiger partial charge on any atom is -0.395 e. The normalized spacial score (nSPS) is 12.7. The molecule has 1 aliphatic rings. The summed E-state index contributed by atoms with van der Waals surface area (Å²) in [6, 6.07) is 4.53. The van der Waals surface area contributed by atoms with E-state index in [1.807, 2.05) is 10.9 Å². The summed E-state index contributed by atoms with van der Waals surface area (Å²) in [6.45, 7) is 2.22. The van der Waals surface area contributed by atoms with Crippen LogP contribution in [-0.2, 0) is 19.4 Å². The van der Waals surface area contributed by atoms with Gasteiger partial charge >= 0.3 is 0 Å². The van der Waals surface area contributed by atoms with Crippen LogP contribution in [0, 0.1) is 5.82 Å². The third kappa shape index (κ3) is 3.78. The third-order valence-corrected chi connectivity index (χ3v) is 6.83. The van der Waals surface area contributed by atoms with Crippen molar-refractivity contribution in [1.82, 2.24) is 25.1 Å². The number of rotatable bonds is 7. The zero-order valence-corrected chi connectivity index (χ0v) is 18.1. The number of thiophene rings is 1. The first-order chi connectivity index (χ1) is 15.2. The van der Waals surface area contributed by atoms with Gasteiger partial charge in [0.15, 0.2) is 0 Å². The van der Waals surface area contributed by atoms with Gasteiger partial charge < -0.3 is 15.7 Å². The lowest BCUT2D eigenvalue weighted by Crippen LogP contribution is -2.24. The monoisotopic (exact) mass is 458 g/mol. The van der Waals surface area contributed by atoms with Crippen molar-refractivity contribution in [2.75, 3.05) is 25.0 Å². The summed E-state index contributed by atoms with van der Waals surface area (Å²) in [5.41, 5.74) is 4.24. The van der Waals surface area contributed by atoms with E-state index in [2.05, 4.69) is 25.7 Å².